The molecule has 0 spiro atoms. The van der Waals surface area contributed by atoms with Crippen LogP contribution in [0.4, 0.5) is 0 Å². The van der Waals surface area contributed by atoms with Crippen LogP contribution in [-0.2, 0) is 6.61 Å². The molecule has 0 aliphatic rings. The Kier molecular flexibility index (Phi) is 4.02. The van der Waals surface area contributed by atoms with Crippen LogP contribution in [0.5, 0.6) is 5.75 Å². The second-order valence-corrected chi connectivity index (χ2v) is 5.64. The zero-order valence-electron chi connectivity index (χ0n) is 13.5. The molecule has 0 fully saturated rings. The van der Waals surface area contributed by atoms with Gasteiger partial charge in [0.2, 0.25) is 0 Å². The average Bonchev–Trinajstić information content (AvgIpc) is 2.97. The van der Waals surface area contributed by atoms with Crippen LogP contribution >= 0.6 is 0 Å². The van der Waals surface area contributed by atoms with Gasteiger partial charge in [0.25, 0.3) is 5.91 Å². The zero-order valence-corrected chi connectivity index (χ0v) is 13.5. The van der Waals surface area contributed by atoms with Gasteiger partial charge in [-0.25, -0.2) is 4.98 Å². The van der Waals surface area contributed by atoms with E-state index in [4.69, 9.17) is 4.74 Å². The zero-order chi connectivity index (χ0) is 16.4. The van der Waals surface area contributed by atoms with Crippen molar-refractivity contribution in [2.45, 2.75) is 13.5 Å². The maximum atomic E-state index is 12.2. The van der Waals surface area contributed by atoms with Crippen molar-refractivity contribution < 1.29 is 9.53 Å². The fraction of sp³-hybridized carbons (Fsp3) is 0.222. The predicted molar refractivity (Wildman–Crippen MR) is 88.7 cm³/mol. The molecule has 1 aromatic carbocycles. The first kappa shape index (κ1) is 15.1. The lowest BCUT2D eigenvalue weighted by atomic mass is 10.2. The second kappa shape index (κ2) is 6.12. The van der Waals surface area contributed by atoms with Gasteiger partial charge in [0.15, 0.2) is 0 Å². The molecule has 0 saturated carbocycles. The lowest BCUT2D eigenvalue weighted by Crippen LogP contribution is -2.22. The van der Waals surface area contributed by atoms with E-state index >= 15 is 0 Å². The van der Waals surface area contributed by atoms with Crippen LogP contribution in [0.25, 0.3) is 5.65 Å². The van der Waals surface area contributed by atoms with Gasteiger partial charge >= 0.3 is 0 Å². The van der Waals surface area contributed by atoms with Gasteiger partial charge in [-0.3, -0.25) is 4.79 Å². The molecule has 0 radical (unpaired) electrons. The van der Waals surface area contributed by atoms with Crippen molar-refractivity contribution in [2.75, 3.05) is 14.1 Å². The summed E-state index contributed by atoms with van der Waals surface area (Å²) in [5.41, 5.74) is 3.41. The van der Waals surface area contributed by atoms with E-state index in [1.54, 1.807) is 26.2 Å². The molecule has 0 saturated heterocycles. The van der Waals surface area contributed by atoms with Gasteiger partial charge in [0.05, 0.1) is 11.3 Å². The van der Waals surface area contributed by atoms with E-state index in [0.29, 0.717) is 17.9 Å². The Morgan fingerprint density at radius 2 is 2.00 bits per heavy atom. The van der Waals surface area contributed by atoms with E-state index in [1.165, 1.54) is 4.90 Å². The molecule has 5 nitrogen and oxygen atoms in total. The van der Waals surface area contributed by atoms with Gasteiger partial charge in [-0.05, 0) is 30.7 Å². The van der Waals surface area contributed by atoms with Crippen molar-refractivity contribution >= 4 is 11.6 Å². The minimum Gasteiger partial charge on any atom is -0.486 e. The first-order valence-corrected chi connectivity index (χ1v) is 7.43. The Morgan fingerprint density at radius 3 is 2.74 bits per heavy atom. The minimum absolute atomic E-state index is 0.0774. The van der Waals surface area contributed by atoms with E-state index in [2.05, 4.69) is 4.98 Å². The summed E-state index contributed by atoms with van der Waals surface area (Å²) in [6, 6.07) is 11.3. The molecule has 1 amide bonds. The number of ether oxygens (including phenoxy) is 1. The third-order valence-corrected chi connectivity index (χ3v) is 3.63. The van der Waals surface area contributed by atoms with Crippen LogP contribution in [0.3, 0.4) is 0 Å². The first-order chi connectivity index (χ1) is 11.1. The number of benzene rings is 1. The molecule has 0 atom stereocenters. The van der Waals surface area contributed by atoms with Gasteiger partial charge in [-0.15, -0.1) is 0 Å². The summed E-state index contributed by atoms with van der Waals surface area (Å²) in [6.07, 6.45) is 3.90. The SMILES string of the molecule is Cc1cccn2cc(COc3ccccc3C(=O)N(C)C)nc12. The molecular formula is C18H19N3O2. The highest BCUT2D eigenvalue weighted by Crippen LogP contribution is 2.21. The summed E-state index contributed by atoms with van der Waals surface area (Å²) in [4.78, 5) is 18.3. The topological polar surface area (TPSA) is 46.8 Å². The highest BCUT2D eigenvalue weighted by molar-refractivity contribution is 5.96. The Morgan fingerprint density at radius 1 is 1.22 bits per heavy atom. The first-order valence-electron chi connectivity index (χ1n) is 7.43. The van der Waals surface area contributed by atoms with Gasteiger partial charge < -0.3 is 14.0 Å². The van der Waals surface area contributed by atoms with Crippen LogP contribution in [0, 0.1) is 6.92 Å². The van der Waals surface area contributed by atoms with Crippen LogP contribution in [-0.4, -0.2) is 34.3 Å². The van der Waals surface area contributed by atoms with Gasteiger partial charge in [0.1, 0.15) is 18.0 Å². The summed E-state index contributed by atoms with van der Waals surface area (Å²) in [5.74, 6) is 0.492. The van der Waals surface area contributed by atoms with Crippen LogP contribution in [0.15, 0.2) is 48.8 Å². The molecule has 5 heteroatoms. The number of imidazole rings is 1. The molecule has 3 rings (SSSR count). The minimum atomic E-state index is -0.0774. The molecule has 0 N–H and O–H groups in total. The Labute approximate surface area is 135 Å². The highest BCUT2D eigenvalue weighted by Gasteiger charge is 2.14. The number of hydrogen-bond donors (Lipinski definition) is 0. The van der Waals surface area contributed by atoms with E-state index in [9.17, 15) is 4.79 Å². The molecule has 2 aromatic heterocycles. The number of fused-ring (bicyclic) bond motifs is 1. The summed E-state index contributed by atoms with van der Waals surface area (Å²) >= 11 is 0. The molecule has 118 valence electrons. The van der Waals surface area contributed by atoms with Gasteiger partial charge in [0, 0.05) is 26.5 Å². The maximum absolute atomic E-state index is 12.2. The monoisotopic (exact) mass is 309 g/mol. The number of carbonyl (C=O) groups is 1. The number of pyridine rings is 1. The van der Waals surface area contributed by atoms with E-state index < -0.39 is 0 Å². The Balaban J connectivity index is 1.83. The van der Waals surface area contributed by atoms with Crippen molar-refractivity contribution in [1.29, 1.82) is 0 Å². The lowest BCUT2D eigenvalue weighted by molar-refractivity contribution is 0.0822. The molecule has 3 aromatic rings. The van der Waals surface area contributed by atoms with Crippen molar-refractivity contribution in [1.82, 2.24) is 14.3 Å². The quantitative estimate of drug-likeness (QED) is 0.744. The van der Waals surface area contributed by atoms with Crippen LogP contribution in [0.2, 0.25) is 0 Å². The largest absolute Gasteiger partial charge is 0.486 e. The number of aromatic nitrogens is 2. The van der Waals surface area contributed by atoms with E-state index in [-0.39, 0.29) is 5.91 Å². The van der Waals surface area contributed by atoms with Crippen molar-refractivity contribution in [3.8, 4) is 5.75 Å². The predicted octanol–water partition coefficient (Wildman–Crippen LogP) is 2.92. The van der Waals surface area contributed by atoms with Crippen LogP contribution < -0.4 is 4.74 Å². The standard InChI is InChI=1S/C18H19N3O2/c1-13-7-6-10-21-11-14(19-17(13)21)12-23-16-9-5-4-8-15(16)18(22)20(2)3/h4-11H,12H2,1-3H3. The smallest absolute Gasteiger partial charge is 0.257 e. The van der Waals surface area contributed by atoms with Gasteiger partial charge in [-0.1, -0.05) is 18.2 Å². The molecule has 2 heterocycles. The van der Waals surface area contributed by atoms with Crippen LogP contribution in [0.1, 0.15) is 21.6 Å². The molecule has 23 heavy (non-hydrogen) atoms. The molecular weight excluding hydrogens is 290 g/mol. The summed E-state index contributed by atoms with van der Waals surface area (Å²) in [7, 11) is 3.45. The maximum Gasteiger partial charge on any atom is 0.257 e. The highest BCUT2D eigenvalue weighted by atomic mass is 16.5. The fourth-order valence-corrected chi connectivity index (χ4v) is 2.44. The number of rotatable bonds is 4. The van der Waals surface area contributed by atoms with E-state index in [0.717, 1.165) is 16.9 Å². The average molecular weight is 309 g/mol. The third kappa shape index (κ3) is 3.04. The Hall–Kier alpha value is -2.82. The van der Waals surface area contributed by atoms with E-state index in [1.807, 2.05) is 48.0 Å². The summed E-state index contributed by atoms with van der Waals surface area (Å²) in [5, 5.41) is 0. The van der Waals surface area contributed by atoms with Crippen molar-refractivity contribution in [2.24, 2.45) is 0 Å². The number of hydrogen-bond acceptors (Lipinski definition) is 3. The Bertz CT molecular complexity index is 852. The molecule has 0 aliphatic heterocycles. The lowest BCUT2D eigenvalue weighted by Gasteiger charge is -2.14. The fourth-order valence-electron chi connectivity index (χ4n) is 2.44. The van der Waals surface area contributed by atoms with Crippen molar-refractivity contribution in [3.63, 3.8) is 0 Å². The molecule has 0 unspecified atom stereocenters. The number of para-hydroxylation sites is 1. The molecule has 0 bridgehead atoms. The number of aryl methyl sites for hydroxylation is 1. The number of nitrogens with zero attached hydrogens (tertiary/aromatic N) is 3. The second-order valence-electron chi connectivity index (χ2n) is 5.64. The summed E-state index contributed by atoms with van der Waals surface area (Å²) in [6.45, 7) is 2.34. The molecule has 0 aliphatic carbocycles. The summed E-state index contributed by atoms with van der Waals surface area (Å²) < 4.78 is 7.82. The van der Waals surface area contributed by atoms with Gasteiger partial charge in [-0.2, -0.15) is 0 Å². The number of amides is 1. The van der Waals surface area contributed by atoms with Crippen molar-refractivity contribution in [3.05, 3.63) is 65.6 Å². The number of carbonyl (C=O) groups excluding carboxylic acids is 1. The third-order valence-electron chi connectivity index (χ3n) is 3.63. The normalized spacial score (nSPS) is 10.7.